The van der Waals surface area contributed by atoms with Crippen LogP contribution in [-0.4, -0.2) is 42.4 Å². The lowest BCUT2D eigenvalue weighted by atomic mass is 10.3. The van der Waals surface area contributed by atoms with Gasteiger partial charge in [-0.1, -0.05) is 17.8 Å². The summed E-state index contributed by atoms with van der Waals surface area (Å²) in [5.74, 6) is 0.369. The Morgan fingerprint density at radius 3 is 2.97 bits per heavy atom. The first-order valence-corrected chi connectivity index (χ1v) is 12.1. The molecular formula is C18H17N5O3S3. The largest absolute Gasteiger partial charge is 0.325 e. The lowest BCUT2D eigenvalue weighted by Crippen LogP contribution is -2.29. The van der Waals surface area contributed by atoms with Gasteiger partial charge < -0.3 is 5.32 Å². The molecule has 0 aliphatic carbocycles. The number of aliphatic imine (C=N–C) groups is 1. The number of hydrogen-bond donors (Lipinski definition) is 2. The predicted molar refractivity (Wildman–Crippen MR) is 115 cm³/mol. The number of hydrogen-bond acceptors (Lipinski definition) is 8. The van der Waals surface area contributed by atoms with Crippen LogP contribution in [0.1, 0.15) is 12.8 Å². The number of carbonyl (C=O) groups excluding carboxylic acids is 1. The van der Waals surface area contributed by atoms with Gasteiger partial charge in [0.15, 0.2) is 0 Å². The number of rotatable bonds is 6. The first-order chi connectivity index (χ1) is 14.0. The topological polar surface area (TPSA) is 113 Å². The van der Waals surface area contributed by atoms with Crippen molar-refractivity contribution in [1.29, 1.82) is 0 Å². The first kappa shape index (κ1) is 19.8. The molecule has 150 valence electrons. The summed E-state index contributed by atoms with van der Waals surface area (Å²) in [6.45, 7) is 0.635. The number of nitrogens with one attached hydrogen (secondary N) is 2. The molecule has 4 rings (SSSR count). The van der Waals surface area contributed by atoms with Gasteiger partial charge in [-0.05, 0) is 36.1 Å². The van der Waals surface area contributed by atoms with E-state index in [4.69, 9.17) is 0 Å². The molecule has 1 amide bonds. The number of carbonyl (C=O) groups is 1. The second-order valence-electron chi connectivity index (χ2n) is 6.22. The van der Waals surface area contributed by atoms with Crippen molar-refractivity contribution in [2.75, 3.05) is 17.6 Å². The average Bonchev–Trinajstić information content (AvgIpc) is 3.38. The van der Waals surface area contributed by atoms with Gasteiger partial charge in [-0.2, -0.15) is 0 Å². The summed E-state index contributed by atoms with van der Waals surface area (Å²) >= 11 is 2.83. The van der Waals surface area contributed by atoms with Crippen LogP contribution in [0.3, 0.4) is 0 Å². The minimum Gasteiger partial charge on any atom is -0.325 e. The summed E-state index contributed by atoms with van der Waals surface area (Å²) in [6.07, 6.45) is 2.94. The zero-order valence-electron chi connectivity index (χ0n) is 15.2. The molecule has 0 atom stereocenters. The molecular weight excluding hydrogens is 430 g/mol. The van der Waals surface area contributed by atoms with Crippen molar-refractivity contribution in [3.63, 3.8) is 0 Å². The van der Waals surface area contributed by atoms with Crippen molar-refractivity contribution in [2.24, 2.45) is 4.99 Å². The summed E-state index contributed by atoms with van der Waals surface area (Å²) in [7, 11) is -3.73. The molecule has 2 aromatic heterocycles. The number of thioether (sulfide) groups is 1. The molecule has 0 saturated carbocycles. The number of anilines is 1. The van der Waals surface area contributed by atoms with Gasteiger partial charge in [-0.15, -0.1) is 11.3 Å². The van der Waals surface area contributed by atoms with Crippen LogP contribution in [0.25, 0.3) is 10.2 Å². The van der Waals surface area contributed by atoms with Gasteiger partial charge in [-0.25, -0.2) is 18.4 Å². The Hall–Kier alpha value is -2.50. The number of amidine groups is 1. The Morgan fingerprint density at radius 1 is 1.24 bits per heavy atom. The van der Waals surface area contributed by atoms with Crippen molar-refractivity contribution >= 4 is 60.8 Å². The van der Waals surface area contributed by atoms with E-state index in [-0.39, 0.29) is 16.6 Å². The number of aromatic nitrogens is 2. The molecule has 3 aromatic rings. The van der Waals surface area contributed by atoms with E-state index in [1.165, 1.54) is 41.6 Å². The zero-order chi connectivity index (χ0) is 20.3. The Balaban J connectivity index is 1.41. The summed E-state index contributed by atoms with van der Waals surface area (Å²) in [5.41, 5.74) is 0.412. The Bertz CT molecular complexity index is 1190. The number of amides is 1. The maximum absolute atomic E-state index is 12.5. The molecule has 0 saturated heterocycles. The number of sulfonamides is 1. The number of benzene rings is 1. The molecule has 8 nitrogen and oxygen atoms in total. The fraction of sp³-hybridized carbons (Fsp3) is 0.222. The lowest BCUT2D eigenvalue weighted by Gasteiger charge is -2.10. The first-order valence-electron chi connectivity index (χ1n) is 8.78. The van der Waals surface area contributed by atoms with E-state index >= 15 is 0 Å². The molecule has 3 heterocycles. The van der Waals surface area contributed by atoms with E-state index in [1.54, 1.807) is 12.1 Å². The van der Waals surface area contributed by atoms with Crippen molar-refractivity contribution in [1.82, 2.24) is 14.7 Å². The van der Waals surface area contributed by atoms with E-state index in [9.17, 15) is 13.2 Å². The Labute approximate surface area is 175 Å². The predicted octanol–water partition coefficient (Wildman–Crippen LogP) is 2.89. The van der Waals surface area contributed by atoms with Crippen molar-refractivity contribution in [2.45, 2.75) is 22.8 Å². The third kappa shape index (κ3) is 4.74. The number of thiophene rings is 1. The molecule has 11 heteroatoms. The highest BCUT2D eigenvalue weighted by molar-refractivity contribution is 8.00. The van der Waals surface area contributed by atoms with Gasteiger partial charge in [0.1, 0.15) is 22.0 Å². The molecule has 0 radical (unpaired) electrons. The molecule has 1 aliphatic rings. The van der Waals surface area contributed by atoms with Gasteiger partial charge in [0, 0.05) is 24.0 Å². The smallest absolute Gasteiger partial charge is 0.262 e. The molecule has 0 unspecified atom stereocenters. The van der Waals surface area contributed by atoms with Crippen molar-refractivity contribution in [3.05, 3.63) is 42.0 Å². The fourth-order valence-corrected chi connectivity index (χ4v) is 5.50. The molecule has 0 bridgehead atoms. The van der Waals surface area contributed by atoms with E-state index in [0.717, 1.165) is 21.7 Å². The van der Waals surface area contributed by atoms with E-state index < -0.39 is 10.0 Å². The minimum absolute atomic E-state index is 0.0772. The average molecular weight is 448 g/mol. The zero-order valence-corrected chi connectivity index (χ0v) is 17.6. The van der Waals surface area contributed by atoms with Crippen LogP contribution < -0.4 is 10.0 Å². The second kappa shape index (κ2) is 8.47. The van der Waals surface area contributed by atoms with Crippen molar-refractivity contribution in [3.8, 4) is 0 Å². The minimum atomic E-state index is -3.73. The van der Waals surface area contributed by atoms with Gasteiger partial charge >= 0.3 is 0 Å². The van der Waals surface area contributed by atoms with E-state index in [2.05, 4.69) is 25.0 Å². The fourth-order valence-electron chi connectivity index (χ4n) is 2.79. The molecule has 2 N–H and O–H groups in total. The van der Waals surface area contributed by atoms with Crippen LogP contribution in [0.5, 0.6) is 0 Å². The van der Waals surface area contributed by atoms with Crippen LogP contribution in [-0.2, 0) is 14.8 Å². The molecule has 29 heavy (non-hydrogen) atoms. The summed E-state index contributed by atoms with van der Waals surface area (Å²) < 4.78 is 27.5. The Kier molecular flexibility index (Phi) is 5.79. The highest BCUT2D eigenvalue weighted by atomic mass is 32.2. The molecule has 0 fully saturated rings. The normalized spacial score (nSPS) is 14.0. The van der Waals surface area contributed by atoms with Crippen molar-refractivity contribution < 1.29 is 13.2 Å². The van der Waals surface area contributed by atoms with Gasteiger partial charge in [0.2, 0.25) is 5.91 Å². The quantitative estimate of drug-likeness (QED) is 0.444. The third-order valence-electron chi connectivity index (χ3n) is 4.12. The maximum Gasteiger partial charge on any atom is 0.262 e. The van der Waals surface area contributed by atoms with Gasteiger partial charge in [-0.3, -0.25) is 14.5 Å². The second-order valence-corrected chi connectivity index (χ2v) is 9.76. The van der Waals surface area contributed by atoms with Crippen LogP contribution in [0.15, 0.2) is 57.0 Å². The molecule has 1 aliphatic heterocycles. The van der Waals surface area contributed by atoms with Crippen LogP contribution in [0, 0.1) is 0 Å². The maximum atomic E-state index is 12.5. The third-order valence-corrected chi connectivity index (χ3v) is 7.32. The molecule has 1 aromatic carbocycles. The van der Waals surface area contributed by atoms with Gasteiger partial charge in [0.25, 0.3) is 10.0 Å². The Morgan fingerprint density at radius 2 is 2.14 bits per heavy atom. The number of nitrogens with zero attached hydrogens (tertiary/aromatic N) is 3. The monoisotopic (exact) mass is 447 g/mol. The highest BCUT2D eigenvalue weighted by Crippen LogP contribution is 2.27. The summed E-state index contributed by atoms with van der Waals surface area (Å²) in [6, 6.07) is 8.08. The van der Waals surface area contributed by atoms with Gasteiger partial charge in [0.05, 0.1) is 10.6 Å². The highest BCUT2D eigenvalue weighted by Gasteiger charge is 2.19. The van der Waals surface area contributed by atoms with Crippen LogP contribution >= 0.6 is 23.1 Å². The van der Waals surface area contributed by atoms with E-state index in [1.807, 2.05) is 11.4 Å². The number of fused-ring (bicyclic) bond motifs is 1. The van der Waals surface area contributed by atoms with Crippen LogP contribution in [0.4, 0.5) is 5.69 Å². The lowest BCUT2D eigenvalue weighted by molar-refractivity contribution is -0.113. The summed E-state index contributed by atoms with van der Waals surface area (Å²) in [5, 5.41) is 6.33. The van der Waals surface area contributed by atoms with Crippen LogP contribution in [0.2, 0.25) is 0 Å². The summed E-state index contributed by atoms with van der Waals surface area (Å²) in [4.78, 5) is 25.8. The standard InChI is InChI=1S/C18H17N5O3S3/c24-16(10-28-18-14-6-8-27-17(14)20-11-21-18)22-12-3-1-4-13(9-12)29(25,26)23-15-5-2-7-19-15/h1,3-4,6,8-9,11H,2,5,7,10H2,(H,19,23)(H,22,24). The molecule has 0 spiro atoms. The SMILES string of the molecule is O=C(CSc1ncnc2sccc12)Nc1cccc(S(=O)(=O)NC2=NCCC2)c1. The van der Waals surface area contributed by atoms with E-state index in [0.29, 0.717) is 24.5 Å².